The Hall–Kier alpha value is -3.97. The molecule has 0 bridgehead atoms. The quantitative estimate of drug-likeness (QED) is 0.154. The normalized spacial score (nSPS) is 12.9. The highest BCUT2D eigenvalue weighted by molar-refractivity contribution is 7.98. The molecule has 0 radical (unpaired) electrons. The number of carbonyl (C=O) groups is 5. The van der Waals surface area contributed by atoms with Gasteiger partial charge in [0.1, 0.15) is 17.9 Å². The van der Waals surface area contributed by atoms with Gasteiger partial charge < -0.3 is 32.7 Å². The van der Waals surface area contributed by atoms with Gasteiger partial charge in [-0.05, 0) is 48.1 Å². The van der Waals surface area contributed by atoms with Gasteiger partial charge in [0.25, 0.3) is 0 Å². The predicted octanol–water partition coefficient (Wildman–Crippen LogP) is -0.621. The second-order valence-corrected chi connectivity index (χ2v) is 9.97. The van der Waals surface area contributed by atoms with E-state index in [2.05, 4.69) is 21.3 Å². The zero-order valence-corrected chi connectivity index (χ0v) is 23.0. The molecule has 1 unspecified atom stereocenters. The number of primary amides is 1. The van der Waals surface area contributed by atoms with E-state index < -0.39 is 66.6 Å². The molecule has 2 aromatic rings. The zero-order chi connectivity index (χ0) is 29.5. The average molecular weight is 575 g/mol. The molecule has 8 N–H and O–H groups in total. The number of hydrogen-bond acceptors (Lipinski definition) is 7. The Kier molecular flexibility index (Phi) is 13.6. The number of hydrogen-bond donors (Lipinski definition) is 6. The van der Waals surface area contributed by atoms with Gasteiger partial charge in [0.15, 0.2) is 0 Å². The third-order valence-corrected chi connectivity index (χ3v) is 6.42. The molecule has 0 heterocycles. The molecular weight excluding hydrogens is 539 g/mol. The summed E-state index contributed by atoms with van der Waals surface area (Å²) in [7, 11) is 0. The van der Waals surface area contributed by atoms with Gasteiger partial charge in [0, 0.05) is 6.42 Å². The minimum absolute atomic E-state index is 0.141. The van der Waals surface area contributed by atoms with Crippen LogP contribution in [-0.4, -0.2) is 72.8 Å². The molecule has 3 atom stereocenters. The molecule has 0 saturated heterocycles. The van der Waals surface area contributed by atoms with Gasteiger partial charge in [-0.1, -0.05) is 42.5 Å². The van der Waals surface area contributed by atoms with Crippen molar-refractivity contribution in [2.75, 3.05) is 25.1 Å². The second kappa shape index (κ2) is 16.9. The van der Waals surface area contributed by atoms with E-state index in [0.29, 0.717) is 17.7 Å². The van der Waals surface area contributed by atoms with E-state index in [-0.39, 0.29) is 12.8 Å². The number of amides is 5. The van der Waals surface area contributed by atoms with Crippen molar-refractivity contribution in [2.24, 2.45) is 11.5 Å². The van der Waals surface area contributed by atoms with Crippen LogP contribution in [0, 0.1) is 5.82 Å². The van der Waals surface area contributed by atoms with Crippen molar-refractivity contribution in [2.45, 2.75) is 37.4 Å². The van der Waals surface area contributed by atoms with E-state index in [1.807, 2.05) is 12.3 Å². The Morgan fingerprint density at radius 2 is 1.43 bits per heavy atom. The first-order valence-corrected chi connectivity index (χ1v) is 13.9. The summed E-state index contributed by atoms with van der Waals surface area (Å²) in [5.74, 6) is -2.96. The highest BCUT2D eigenvalue weighted by Gasteiger charge is 2.26. The minimum atomic E-state index is -1.04. The van der Waals surface area contributed by atoms with Crippen molar-refractivity contribution in [1.29, 1.82) is 0 Å². The van der Waals surface area contributed by atoms with E-state index in [1.165, 1.54) is 36.0 Å². The summed E-state index contributed by atoms with van der Waals surface area (Å²) in [5, 5.41) is 9.93. The van der Waals surface area contributed by atoms with E-state index in [0.717, 1.165) is 5.56 Å². The van der Waals surface area contributed by atoms with Crippen LogP contribution in [0.4, 0.5) is 4.39 Å². The van der Waals surface area contributed by atoms with E-state index >= 15 is 0 Å². The summed E-state index contributed by atoms with van der Waals surface area (Å²) >= 11 is 1.50. The molecule has 2 aromatic carbocycles. The van der Waals surface area contributed by atoms with Gasteiger partial charge >= 0.3 is 0 Å². The molecule has 216 valence electrons. The smallest absolute Gasteiger partial charge is 0.243 e. The second-order valence-electron chi connectivity index (χ2n) is 8.99. The van der Waals surface area contributed by atoms with Crippen LogP contribution in [0.2, 0.25) is 0 Å². The SMILES string of the molecule is CSCCC(NC(=O)[C@@H](Cc1ccccc1)NC(=O)CNC(=O)CNC(=O)[C@H](N)Cc1ccc(F)cc1)C(N)=O. The first-order chi connectivity index (χ1) is 19.1. The number of nitrogens with one attached hydrogen (secondary N) is 4. The van der Waals surface area contributed by atoms with Crippen molar-refractivity contribution in [3.8, 4) is 0 Å². The summed E-state index contributed by atoms with van der Waals surface area (Å²) in [4.78, 5) is 61.7. The predicted molar refractivity (Wildman–Crippen MR) is 150 cm³/mol. The van der Waals surface area contributed by atoms with Crippen molar-refractivity contribution in [3.63, 3.8) is 0 Å². The first kappa shape index (κ1) is 32.2. The lowest BCUT2D eigenvalue weighted by Crippen LogP contribution is -2.55. The maximum Gasteiger partial charge on any atom is 0.243 e. The van der Waals surface area contributed by atoms with Crippen LogP contribution in [0.1, 0.15) is 17.5 Å². The molecule has 0 aliphatic carbocycles. The molecule has 0 spiro atoms. The number of rotatable bonds is 16. The van der Waals surface area contributed by atoms with Gasteiger partial charge in [-0.15, -0.1) is 0 Å². The average Bonchev–Trinajstić information content (AvgIpc) is 2.93. The number of thioether (sulfide) groups is 1. The summed E-state index contributed by atoms with van der Waals surface area (Å²) in [6.45, 7) is -0.881. The van der Waals surface area contributed by atoms with Crippen LogP contribution in [0.25, 0.3) is 0 Å². The molecule has 0 aliphatic heterocycles. The Morgan fingerprint density at radius 1 is 0.800 bits per heavy atom. The largest absolute Gasteiger partial charge is 0.368 e. The van der Waals surface area contributed by atoms with E-state index in [9.17, 15) is 28.4 Å². The van der Waals surface area contributed by atoms with Crippen LogP contribution in [0.5, 0.6) is 0 Å². The van der Waals surface area contributed by atoms with Gasteiger partial charge in [0.2, 0.25) is 29.5 Å². The van der Waals surface area contributed by atoms with Crippen LogP contribution in [-0.2, 0) is 36.8 Å². The van der Waals surface area contributed by atoms with Gasteiger partial charge in [-0.25, -0.2) is 4.39 Å². The maximum absolute atomic E-state index is 13.0. The Morgan fingerprint density at radius 3 is 2.05 bits per heavy atom. The topological polar surface area (TPSA) is 186 Å². The van der Waals surface area contributed by atoms with E-state index in [1.54, 1.807) is 24.3 Å². The molecule has 0 saturated carbocycles. The number of nitrogens with two attached hydrogens (primary N) is 2. The fourth-order valence-electron chi connectivity index (χ4n) is 3.60. The summed E-state index contributed by atoms with van der Waals surface area (Å²) in [6, 6.07) is 11.6. The summed E-state index contributed by atoms with van der Waals surface area (Å²) in [6.07, 6.45) is 2.49. The third-order valence-electron chi connectivity index (χ3n) is 5.78. The minimum Gasteiger partial charge on any atom is -0.368 e. The summed E-state index contributed by atoms with van der Waals surface area (Å²) in [5.41, 5.74) is 12.7. The molecule has 13 heteroatoms. The molecule has 0 aliphatic rings. The van der Waals surface area contributed by atoms with Crippen molar-refractivity contribution < 1.29 is 28.4 Å². The van der Waals surface area contributed by atoms with Crippen LogP contribution >= 0.6 is 11.8 Å². The Balaban J connectivity index is 1.88. The highest BCUT2D eigenvalue weighted by atomic mass is 32.2. The fourth-order valence-corrected chi connectivity index (χ4v) is 4.08. The first-order valence-electron chi connectivity index (χ1n) is 12.6. The van der Waals surface area contributed by atoms with Gasteiger partial charge in [-0.2, -0.15) is 11.8 Å². The third kappa shape index (κ3) is 11.8. The molecule has 5 amide bonds. The van der Waals surface area contributed by atoms with Crippen molar-refractivity contribution in [1.82, 2.24) is 21.3 Å². The molecule has 40 heavy (non-hydrogen) atoms. The van der Waals surface area contributed by atoms with Crippen LogP contribution in [0.3, 0.4) is 0 Å². The maximum atomic E-state index is 13.0. The van der Waals surface area contributed by atoms with Gasteiger partial charge in [-0.3, -0.25) is 24.0 Å². The zero-order valence-electron chi connectivity index (χ0n) is 22.2. The molecule has 2 rings (SSSR count). The molecule has 0 aromatic heterocycles. The lowest BCUT2D eigenvalue weighted by Gasteiger charge is -2.22. The molecular formula is C27H35FN6O5S. The Bertz CT molecular complexity index is 1150. The Labute approximate surface area is 236 Å². The van der Waals surface area contributed by atoms with Crippen molar-refractivity contribution in [3.05, 3.63) is 71.5 Å². The standard InChI is InChI=1S/C27H35FN6O5S/c1-40-12-11-21(25(30)37)34-27(39)22(14-17-5-3-2-4-6-17)33-24(36)16-31-23(35)15-32-26(38)20(29)13-18-7-9-19(28)10-8-18/h2-10,20-22H,11-16,29H2,1H3,(H2,30,37)(H,31,35)(H,32,38)(H,33,36)(H,34,39)/t20-,21?,22-/m1/s1. The lowest BCUT2D eigenvalue weighted by atomic mass is 10.0. The molecule has 0 fully saturated rings. The highest BCUT2D eigenvalue weighted by Crippen LogP contribution is 2.07. The number of benzene rings is 2. The number of halogens is 1. The summed E-state index contributed by atoms with van der Waals surface area (Å²) < 4.78 is 13.0. The van der Waals surface area contributed by atoms with Crippen molar-refractivity contribution >= 4 is 41.3 Å². The van der Waals surface area contributed by atoms with Crippen LogP contribution < -0.4 is 32.7 Å². The molecule has 11 nitrogen and oxygen atoms in total. The number of carbonyl (C=O) groups excluding carboxylic acids is 5. The lowest BCUT2D eigenvalue weighted by molar-refractivity contribution is -0.131. The van der Waals surface area contributed by atoms with Gasteiger partial charge in [0.05, 0.1) is 19.1 Å². The monoisotopic (exact) mass is 574 g/mol. The fraction of sp³-hybridized carbons (Fsp3) is 0.370. The van der Waals surface area contributed by atoms with Crippen LogP contribution in [0.15, 0.2) is 54.6 Å². The van der Waals surface area contributed by atoms with E-state index in [4.69, 9.17) is 11.5 Å².